The summed E-state index contributed by atoms with van der Waals surface area (Å²) in [4.78, 5) is 7.14. The number of hydrogen-bond donors (Lipinski definition) is 1. The summed E-state index contributed by atoms with van der Waals surface area (Å²) in [5, 5.41) is 0. The van der Waals surface area contributed by atoms with Crippen LogP contribution in [-0.4, -0.2) is 33.4 Å². The monoisotopic (exact) mass is 330 g/mol. The average molecular weight is 331 g/mol. The predicted octanol–water partition coefficient (Wildman–Crippen LogP) is 2.66. The van der Waals surface area contributed by atoms with Crippen molar-refractivity contribution in [3.05, 3.63) is 35.8 Å². The van der Waals surface area contributed by atoms with Crippen molar-refractivity contribution in [3.8, 4) is 0 Å². The Kier molecular flexibility index (Phi) is 6.47. The van der Waals surface area contributed by atoms with Gasteiger partial charge in [0.15, 0.2) is 0 Å². The van der Waals surface area contributed by atoms with Gasteiger partial charge in [0.05, 0.1) is 5.69 Å². The number of fused-ring (bicyclic) bond motifs is 1. The van der Waals surface area contributed by atoms with Crippen LogP contribution >= 0.6 is 24.8 Å². The number of halogens is 2. The number of imidazole rings is 1. The minimum Gasteiger partial charge on any atom is -0.327 e. The molecule has 0 aromatic carbocycles. The van der Waals surface area contributed by atoms with Crippen LogP contribution in [0.2, 0.25) is 0 Å². The molecule has 2 atom stereocenters. The summed E-state index contributed by atoms with van der Waals surface area (Å²) in [7, 11) is 0. The third kappa shape index (κ3) is 4.10. The SMILES string of the molecule is Cc1ccc2nc(CN3CCC(N)C(C)C3)cn2c1.Cl.Cl. The second-order valence-electron chi connectivity index (χ2n) is 5.87. The Bertz CT molecular complexity index is 584. The molecule has 1 aliphatic heterocycles. The lowest BCUT2D eigenvalue weighted by Crippen LogP contribution is -2.45. The first-order valence-corrected chi connectivity index (χ1v) is 7.04. The number of aromatic nitrogens is 2. The van der Waals surface area contributed by atoms with Crippen LogP contribution in [0.4, 0.5) is 0 Å². The third-order valence-electron chi connectivity index (χ3n) is 4.09. The molecule has 6 heteroatoms. The fourth-order valence-electron chi connectivity index (χ4n) is 2.85. The van der Waals surface area contributed by atoms with Crippen LogP contribution in [0.3, 0.4) is 0 Å². The molecule has 2 unspecified atom stereocenters. The minimum atomic E-state index is 0. The summed E-state index contributed by atoms with van der Waals surface area (Å²) < 4.78 is 2.11. The summed E-state index contributed by atoms with van der Waals surface area (Å²) in [6, 6.07) is 4.54. The molecular formula is C15H24Cl2N4. The zero-order valence-electron chi connectivity index (χ0n) is 12.5. The lowest BCUT2D eigenvalue weighted by Gasteiger charge is -2.34. The Morgan fingerprint density at radius 3 is 2.76 bits per heavy atom. The van der Waals surface area contributed by atoms with Crippen molar-refractivity contribution in [2.45, 2.75) is 32.9 Å². The Morgan fingerprint density at radius 1 is 1.29 bits per heavy atom. The lowest BCUT2D eigenvalue weighted by molar-refractivity contribution is 0.156. The van der Waals surface area contributed by atoms with Crippen LogP contribution in [-0.2, 0) is 6.54 Å². The van der Waals surface area contributed by atoms with E-state index in [1.807, 2.05) is 0 Å². The average Bonchev–Trinajstić information content (AvgIpc) is 2.75. The molecule has 0 saturated carbocycles. The van der Waals surface area contributed by atoms with Gasteiger partial charge in [-0.25, -0.2) is 4.98 Å². The second-order valence-corrected chi connectivity index (χ2v) is 5.87. The maximum absolute atomic E-state index is 6.07. The first-order chi connectivity index (χ1) is 9.11. The topological polar surface area (TPSA) is 46.6 Å². The van der Waals surface area contributed by atoms with E-state index in [9.17, 15) is 0 Å². The van der Waals surface area contributed by atoms with Crippen molar-refractivity contribution in [1.29, 1.82) is 0 Å². The molecule has 1 saturated heterocycles. The van der Waals surface area contributed by atoms with Crippen molar-refractivity contribution in [3.63, 3.8) is 0 Å². The van der Waals surface area contributed by atoms with Crippen LogP contribution in [0.1, 0.15) is 24.6 Å². The lowest BCUT2D eigenvalue weighted by atomic mass is 9.95. The fourth-order valence-corrected chi connectivity index (χ4v) is 2.85. The maximum atomic E-state index is 6.07. The second kappa shape index (κ2) is 7.45. The fraction of sp³-hybridized carbons (Fsp3) is 0.533. The van der Waals surface area contributed by atoms with E-state index in [2.05, 4.69) is 52.7 Å². The van der Waals surface area contributed by atoms with Gasteiger partial charge in [0.1, 0.15) is 5.65 Å². The van der Waals surface area contributed by atoms with Gasteiger partial charge in [0.2, 0.25) is 0 Å². The number of pyridine rings is 1. The van der Waals surface area contributed by atoms with Gasteiger partial charge >= 0.3 is 0 Å². The first kappa shape index (κ1) is 18.2. The van der Waals surface area contributed by atoms with Crippen molar-refractivity contribution < 1.29 is 0 Å². The number of nitrogens with zero attached hydrogens (tertiary/aromatic N) is 3. The van der Waals surface area contributed by atoms with E-state index < -0.39 is 0 Å². The normalized spacial score (nSPS) is 22.6. The molecule has 1 fully saturated rings. The highest BCUT2D eigenvalue weighted by molar-refractivity contribution is 5.85. The third-order valence-corrected chi connectivity index (χ3v) is 4.09. The summed E-state index contributed by atoms with van der Waals surface area (Å²) in [6.45, 7) is 7.43. The molecule has 2 aromatic heterocycles. The minimum absolute atomic E-state index is 0. The Labute approximate surface area is 138 Å². The van der Waals surface area contributed by atoms with Gasteiger partial charge in [-0.3, -0.25) is 4.90 Å². The van der Waals surface area contributed by atoms with Crippen molar-refractivity contribution in [1.82, 2.24) is 14.3 Å². The van der Waals surface area contributed by atoms with E-state index in [0.29, 0.717) is 12.0 Å². The smallest absolute Gasteiger partial charge is 0.137 e. The quantitative estimate of drug-likeness (QED) is 0.920. The van der Waals surface area contributed by atoms with Gasteiger partial charge in [-0.05, 0) is 30.9 Å². The highest BCUT2D eigenvalue weighted by Gasteiger charge is 2.23. The van der Waals surface area contributed by atoms with Gasteiger partial charge in [0.25, 0.3) is 0 Å². The zero-order chi connectivity index (χ0) is 13.4. The number of nitrogens with two attached hydrogens (primary N) is 1. The molecule has 0 aliphatic carbocycles. The molecule has 4 nitrogen and oxygen atoms in total. The highest BCUT2D eigenvalue weighted by atomic mass is 35.5. The van der Waals surface area contributed by atoms with Crippen LogP contribution in [0.25, 0.3) is 5.65 Å². The Hall–Kier alpha value is -0.810. The highest BCUT2D eigenvalue weighted by Crippen LogP contribution is 2.17. The molecule has 21 heavy (non-hydrogen) atoms. The van der Waals surface area contributed by atoms with E-state index in [4.69, 9.17) is 5.73 Å². The molecule has 3 rings (SSSR count). The molecule has 0 bridgehead atoms. The first-order valence-electron chi connectivity index (χ1n) is 7.04. The largest absolute Gasteiger partial charge is 0.327 e. The standard InChI is InChI=1S/C15H22N4.2ClH/c1-11-3-4-15-17-13(10-19(15)7-11)9-18-6-5-14(16)12(2)8-18;;/h3-4,7,10,12,14H,5-6,8-9,16H2,1-2H3;2*1H. The molecule has 1 aliphatic rings. The summed E-state index contributed by atoms with van der Waals surface area (Å²) >= 11 is 0. The summed E-state index contributed by atoms with van der Waals surface area (Å²) in [5.74, 6) is 0.577. The van der Waals surface area contributed by atoms with Gasteiger partial charge in [-0.15, -0.1) is 24.8 Å². The number of hydrogen-bond acceptors (Lipinski definition) is 3. The van der Waals surface area contributed by atoms with Crippen LogP contribution < -0.4 is 5.73 Å². The number of likely N-dealkylation sites (tertiary alicyclic amines) is 1. The van der Waals surface area contributed by atoms with Crippen molar-refractivity contribution in [2.24, 2.45) is 11.7 Å². The molecule has 2 aromatic rings. The van der Waals surface area contributed by atoms with Gasteiger partial charge in [0, 0.05) is 38.1 Å². The molecule has 0 amide bonds. The van der Waals surface area contributed by atoms with Gasteiger partial charge in [-0.1, -0.05) is 13.0 Å². The number of piperidine rings is 1. The number of rotatable bonds is 2. The van der Waals surface area contributed by atoms with E-state index >= 15 is 0 Å². The van der Waals surface area contributed by atoms with Crippen molar-refractivity contribution >= 4 is 30.5 Å². The van der Waals surface area contributed by atoms with E-state index in [-0.39, 0.29) is 24.8 Å². The van der Waals surface area contributed by atoms with E-state index in [1.54, 1.807) is 0 Å². The maximum Gasteiger partial charge on any atom is 0.137 e. The Morgan fingerprint density at radius 2 is 2.05 bits per heavy atom. The molecule has 3 heterocycles. The molecule has 0 radical (unpaired) electrons. The molecular weight excluding hydrogens is 307 g/mol. The predicted molar refractivity (Wildman–Crippen MR) is 91.5 cm³/mol. The number of aryl methyl sites for hydroxylation is 1. The zero-order valence-corrected chi connectivity index (χ0v) is 14.2. The van der Waals surface area contributed by atoms with Crippen LogP contribution in [0, 0.1) is 12.8 Å². The molecule has 118 valence electrons. The molecule has 2 N–H and O–H groups in total. The van der Waals surface area contributed by atoms with E-state index in [1.165, 1.54) is 5.56 Å². The van der Waals surface area contributed by atoms with E-state index in [0.717, 1.165) is 37.4 Å². The van der Waals surface area contributed by atoms with Crippen molar-refractivity contribution in [2.75, 3.05) is 13.1 Å². The van der Waals surface area contributed by atoms with Gasteiger partial charge < -0.3 is 10.1 Å². The summed E-state index contributed by atoms with van der Waals surface area (Å²) in [6.07, 6.45) is 5.36. The van der Waals surface area contributed by atoms with Gasteiger partial charge in [-0.2, -0.15) is 0 Å². The van der Waals surface area contributed by atoms with Crippen LogP contribution in [0.5, 0.6) is 0 Å². The Balaban J connectivity index is 0.00000110. The van der Waals surface area contributed by atoms with Crippen LogP contribution in [0.15, 0.2) is 24.5 Å². The summed E-state index contributed by atoms with van der Waals surface area (Å²) in [5.41, 5.74) is 9.50. The molecule has 0 spiro atoms.